The van der Waals surface area contributed by atoms with Crippen molar-refractivity contribution >= 4 is 11.9 Å². The fourth-order valence-corrected chi connectivity index (χ4v) is 6.44. The summed E-state index contributed by atoms with van der Waals surface area (Å²) in [5.74, 6) is 2.70. The van der Waals surface area contributed by atoms with Gasteiger partial charge in [-0.3, -0.25) is 9.59 Å². The molecule has 6 nitrogen and oxygen atoms in total. The second-order valence-electron chi connectivity index (χ2n) is 19.6. The van der Waals surface area contributed by atoms with Crippen LogP contribution in [0.1, 0.15) is 151 Å². The van der Waals surface area contributed by atoms with Crippen molar-refractivity contribution in [1.29, 1.82) is 0 Å². The van der Waals surface area contributed by atoms with Crippen molar-refractivity contribution in [2.75, 3.05) is 0 Å². The minimum absolute atomic E-state index is 0.00504. The molecule has 1 aliphatic carbocycles. The van der Waals surface area contributed by atoms with Crippen LogP contribution in [0.15, 0.2) is 97.1 Å². The molecule has 0 atom stereocenters. The van der Waals surface area contributed by atoms with Crippen LogP contribution in [-0.2, 0) is 20.4 Å². The summed E-state index contributed by atoms with van der Waals surface area (Å²) in [6.45, 7) is 28.0. The van der Waals surface area contributed by atoms with Gasteiger partial charge in [0.05, 0.1) is 10.8 Å². The molecule has 0 aliphatic heterocycles. The molecule has 4 aromatic carbocycles. The van der Waals surface area contributed by atoms with E-state index in [1.807, 2.05) is 90.1 Å². The van der Waals surface area contributed by atoms with Crippen molar-refractivity contribution in [3.05, 3.63) is 119 Å². The first-order chi connectivity index (χ1) is 26.3. The maximum atomic E-state index is 12.2. The lowest BCUT2D eigenvalue weighted by molar-refractivity contribution is -0.143. The number of esters is 2. The van der Waals surface area contributed by atoms with Crippen LogP contribution in [0.4, 0.5) is 0 Å². The number of hydrogen-bond donors (Lipinski definition) is 1. The first-order valence-electron chi connectivity index (χ1n) is 20.6. The number of phenols is 1. The highest BCUT2D eigenvalue weighted by Gasteiger charge is 2.36. The van der Waals surface area contributed by atoms with E-state index in [0.29, 0.717) is 11.5 Å². The lowest BCUT2D eigenvalue weighted by Crippen LogP contribution is -2.30. The predicted molar refractivity (Wildman–Crippen MR) is 234 cm³/mol. The van der Waals surface area contributed by atoms with Crippen LogP contribution in [0.25, 0.3) is 0 Å². The number of benzene rings is 4. The Morgan fingerprint density at radius 2 is 0.860 bits per heavy atom. The quantitative estimate of drug-likeness (QED) is 0.149. The van der Waals surface area contributed by atoms with Gasteiger partial charge in [-0.1, -0.05) is 102 Å². The van der Waals surface area contributed by atoms with Crippen LogP contribution in [0.2, 0.25) is 0 Å². The van der Waals surface area contributed by atoms with Crippen molar-refractivity contribution in [1.82, 2.24) is 0 Å². The SMILES string of the molecule is CC(C)(C)C(=O)Oc1ccc(C(C)(C)c2ccc(O)cc2)cc1.CC(C)(C)Oc1ccc(C2(c3ccc(OC(=O)C(C)(C)C)cc3)CCCCC2)cc1.CC(C)C. The lowest BCUT2D eigenvalue weighted by atomic mass is 9.65. The van der Waals surface area contributed by atoms with Crippen molar-refractivity contribution in [3.63, 3.8) is 0 Å². The van der Waals surface area contributed by atoms with E-state index in [4.69, 9.17) is 14.2 Å². The Balaban J connectivity index is 0.000000287. The molecule has 0 saturated heterocycles. The van der Waals surface area contributed by atoms with Gasteiger partial charge in [0.1, 0.15) is 28.6 Å². The van der Waals surface area contributed by atoms with Crippen LogP contribution in [0.3, 0.4) is 0 Å². The standard InChI is InChI=1S/C27H36O3.C20H24O3.C4H10/c1-25(2,3)24(28)29-22-14-10-20(11-15-22)27(18-8-7-9-19-27)21-12-16-23(17-13-21)30-26(4,5)6;1-19(2,3)18(22)23-17-12-8-15(9-13-17)20(4,5)14-6-10-16(21)11-7-14;1-4(2)3/h10-17H,7-9,18-19H2,1-6H3;6-13,21H,1-5H3;4H,1-3H3. The summed E-state index contributed by atoms with van der Waals surface area (Å²) < 4.78 is 17.0. The molecule has 1 fully saturated rings. The highest BCUT2D eigenvalue weighted by molar-refractivity contribution is 5.78. The molecule has 57 heavy (non-hydrogen) atoms. The van der Waals surface area contributed by atoms with Gasteiger partial charge in [-0.25, -0.2) is 0 Å². The van der Waals surface area contributed by atoms with E-state index in [0.717, 1.165) is 35.6 Å². The van der Waals surface area contributed by atoms with Crippen LogP contribution in [0, 0.1) is 16.7 Å². The maximum Gasteiger partial charge on any atom is 0.316 e. The smallest absolute Gasteiger partial charge is 0.316 e. The average molecular weight is 779 g/mol. The molecule has 0 radical (unpaired) electrons. The number of ether oxygens (including phenoxy) is 3. The molecule has 0 amide bonds. The van der Waals surface area contributed by atoms with Crippen molar-refractivity contribution in [3.8, 4) is 23.0 Å². The summed E-state index contributed by atoms with van der Waals surface area (Å²) in [6.07, 6.45) is 6.00. The van der Waals surface area contributed by atoms with Gasteiger partial charge in [0.2, 0.25) is 0 Å². The molecule has 1 saturated carbocycles. The third-order valence-corrected chi connectivity index (χ3v) is 9.76. The van der Waals surface area contributed by atoms with Crippen molar-refractivity contribution in [2.45, 2.75) is 145 Å². The second-order valence-corrected chi connectivity index (χ2v) is 19.6. The van der Waals surface area contributed by atoms with Gasteiger partial charge in [-0.2, -0.15) is 0 Å². The first-order valence-corrected chi connectivity index (χ1v) is 20.6. The Hall–Kier alpha value is -4.58. The van der Waals surface area contributed by atoms with E-state index >= 15 is 0 Å². The van der Waals surface area contributed by atoms with E-state index in [1.165, 1.54) is 30.4 Å². The van der Waals surface area contributed by atoms with Gasteiger partial charge in [0.25, 0.3) is 0 Å². The summed E-state index contributed by atoms with van der Waals surface area (Å²) in [4.78, 5) is 24.1. The van der Waals surface area contributed by atoms with E-state index < -0.39 is 10.8 Å². The summed E-state index contributed by atoms with van der Waals surface area (Å²) in [7, 11) is 0. The zero-order chi connectivity index (χ0) is 42.8. The third kappa shape index (κ3) is 14.1. The van der Waals surface area contributed by atoms with Crippen LogP contribution < -0.4 is 14.2 Å². The number of carbonyl (C=O) groups is 2. The maximum absolute atomic E-state index is 12.2. The average Bonchev–Trinajstić information content (AvgIpc) is 3.11. The Morgan fingerprint density at radius 1 is 0.526 bits per heavy atom. The Labute approximate surface area is 344 Å². The summed E-state index contributed by atoms with van der Waals surface area (Å²) in [6, 6.07) is 31.6. The number of aromatic hydroxyl groups is 1. The number of phenolic OH excluding ortho intramolecular Hbond substituents is 1. The van der Waals surface area contributed by atoms with Gasteiger partial charge in [0.15, 0.2) is 0 Å². The molecule has 0 aromatic heterocycles. The summed E-state index contributed by atoms with van der Waals surface area (Å²) >= 11 is 0. The molecule has 1 aliphatic rings. The van der Waals surface area contributed by atoms with Crippen LogP contribution in [-0.4, -0.2) is 22.6 Å². The highest BCUT2D eigenvalue weighted by Crippen LogP contribution is 2.46. The molecule has 310 valence electrons. The fraction of sp³-hybridized carbons (Fsp3) is 0.490. The minimum atomic E-state index is -0.524. The number of rotatable bonds is 7. The zero-order valence-corrected chi connectivity index (χ0v) is 37.3. The molecule has 0 unspecified atom stereocenters. The van der Waals surface area contributed by atoms with Gasteiger partial charge in [0, 0.05) is 10.8 Å². The largest absolute Gasteiger partial charge is 0.508 e. The molecular weight excluding hydrogens is 709 g/mol. The van der Waals surface area contributed by atoms with E-state index in [-0.39, 0.29) is 34.1 Å². The zero-order valence-electron chi connectivity index (χ0n) is 37.3. The van der Waals surface area contributed by atoms with Gasteiger partial charge >= 0.3 is 11.9 Å². The van der Waals surface area contributed by atoms with E-state index in [1.54, 1.807) is 12.1 Å². The molecule has 5 rings (SSSR count). The van der Waals surface area contributed by atoms with E-state index in [2.05, 4.69) is 91.8 Å². The van der Waals surface area contributed by atoms with Gasteiger partial charge in [-0.05, 0) is 152 Å². The van der Waals surface area contributed by atoms with Gasteiger partial charge in [-0.15, -0.1) is 0 Å². The Bertz CT molecular complexity index is 1840. The molecule has 6 heteroatoms. The molecule has 0 bridgehead atoms. The lowest BCUT2D eigenvalue weighted by Gasteiger charge is -2.39. The van der Waals surface area contributed by atoms with Crippen molar-refractivity contribution in [2.24, 2.45) is 16.7 Å². The molecule has 0 heterocycles. The first kappa shape index (κ1) is 46.8. The topological polar surface area (TPSA) is 82.1 Å². The summed E-state index contributed by atoms with van der Waals surface area (Å²) in [5.41, 5.74) is 3.40. The monoisotopic (exact) mass is 779 g/mol. The highest BCUT2D eigenvalue weighted by atomic mass is 16.5. The molecular formula is C51H70O6. The normalized spacial score (nSPS) is 14.3. The fourth-order valence-electron chi connectivity index (χ4n) is 6.44. The van der Waals surface area contributed by atoms with Crippen LogP contribution in [0.5, 0.6) is 23.0 Å². The second kappa shape index (κ2) is 19.2. The van der Waals surface area contributed by atoms with Crippen LogP contribution >= 0.6 is 0 Å². The van der Waals surface area contributed by atoms with Gasteiger partial charge < -0.3 is 19.3 Å². The molecule has 0 spiro atoms. The molecule has 1 N–H and O–H groups in total. The Kier molecular flexibility index (Phi) is 15.8. The minimum Gasteiger partial charge on any atom is -0.508 e. The third-order valence-electron chi connectivity index (χ3n) is 9.76. The number of hydrogen-bond acceptors (Lipinski definition) is 6. The Morgan fingerprint density at radius 3 is 1.21 bits per heavy atom. The van der Waals surface area contributed by atoms with E-state index in [9.17, 15) is 14.7 Å². The predicted octanol–water partition coefficient (Wildman–Crippen LogP) is 13.4. The van der Waals surface area contributed by atoms with Crippen molar-refractivity contribution < 1.29 is 28.9 Å². The molecule has 4 aromatic rings. The number of carbonyl (C=O) groups excluding carboxylic acids is 2. The summed E-state index contributed by atoms with van der Waals surface area (Å²) in [5, 5.41) is 9.43.